The summed E-state index contributed by atoms with van der Waals surface area (Å²) in [6.07, 6.45) is -0.556. The minimum absolute atomic E-state index is 0.225. The second kappa shape index (κ2) is 8.54. The summed E-state index contributed by atoms with van der Waals surface area (Å²) >= 11 is 0. The van der Waals surface area contributed by atoms with Gasteiger partial charge in [-0.05, 0) is 32.9 Å². The number of carbonyl (C=O) groups is 2. The molecule has 24 heavy (non-hydrogen) atoms. The zero-order valence-electron chi connectivity index (χ0n) is 15.0. The summed E-state index contributed by atoms with van der Waals surface area (Å²) in [4.78, 5) is 25.9. The van der Waals surface area contributed by atoms with Crippen LogP contribution in [0, 0.1) is 0 Å². The van der Waals surface area contributed by atoms with Gasteiger partial charge in [-0.1, -0.05) is 6.07 Å². The van der Waals surface area contributed by atoms with Crippen LogP contribution in [0.15, 0.2) is 18.2 Å². The normalized spacial score (nSPS) is 10.9. The number of rotatable bonds is 6. The maximum absolute atomic E-state index is 12.6. The fourth-order valence-electron chi connectivity index (χ4n) is 2.03. The van der Waals surface area contributed by atoms with Crippen LogP contribution in [0.5, 0.6) is 5.75 Å². The summed E-state index contributed by atoms with van der Waals surface area (Å²) in [5.74, 6) is -0.309. The highest BCUT2D eigenvalue weighted by Crippen LogP contribution is 2.33. The number of hydrogen-bond donors (Lipinski definition) is 0. The minimum Gasteiger partial charge on any atom is -0.494 e. The molecule has 0 fully saturated rings. The molecule has 0 N–H and O–H groups in total. The van der Waals surface area contributed by atoms with Crippen LogP contribution in [0.3, 0.4) is 0 Å². The first-order valence-electron chi connectivity index (χ1n) is 7.50. The number of para-hydroxylation sites is 1. The SMILES string of the molecule is COCCN(C(=O)OC(C)(C)C)c1cccc(C(=O)OC)c1OC. The van der Waals surface area contributed by atoms with E-state index in [1.165, 1.54) is 26.2 Å². The molecule has 1 rings (SSSR count). The predicted octanol–water partition coefficient (Wildman–Crippen LogP) is 2.87. The van der Waals surface area contributed by atoms with Gasteiger partial charge in [0.05, 0.1) is 33.1 Å². The maximum Gasteiger partial charge on any atom is 0.415 e. The van der Waals surface area contributed by atoms with Crippen molar-refractivity contribution >= 4 is 17.7 Å². The van der Waals surface area contributed by atoms with E-state index in [2.05, 4.69) is 0 Å². The summed E-state index contributed by atoms with van der Waals surface area (Å²) in [6, 6.07) is 4.89. The molecule has 7 heteroatoms. The van der Waals surface area contributed by atoms with Crippen LogP contribution in [-0.4, -0.2) is 52.1 Å². The monoisotopic (exact) mass is 339 g/mol. The van der Waals surface area contributed by atoms with Crippen LogP contribution < -0.4 is 9.64 Å². The molecule has 0 aliphatic heterocycles. The van der Waals surface area contributed by atoms with Gasteiger partial charge in [0.2, 0.25) is 0 Å². The van der Waals surface area contributed by atoms with E-state index >= 15 is 0 Å². The Hall–Kier alpha value is -2.28. The van der Waals surface area contributed by atoms with Crippen molar-refractivity contribution in [2.24, 2.45) is 0 Å². The highest BCUT2D eigenvalue weighted by Gasteiger charge is 2.27. The van der Waals surface area contributed by atoms with E-state index in [9.17, 15) is 9.59 Å². The number of methoxy groups -OCH3 is 3. The predicted molar refractivity (Wildman–Crippen MR) is 89.8 cm³/mol. The number of nitrogens with zero attached hydrogens (tertiary/aromatic N) is 1. The first-order chi connectivity index (χ1) is 11.2. The van der Waals surface area contributed by atoms with Crippen molar-refractivity contribution in [3.8, 4) is 5.75 Å². The molecule has 1 aromatic rings. The topological polar surface area (TPSA) is 74.3 Å². The van der Waals surface area contributed by atoms with Gasteiger partial charge in [0.1, 0.15) is 11.2 Å². The first-order valence-corrected chi connectivity index (χ1v) is 7.50. The number of hydrogen-bond acceptors (Lipinski definition) is 6. The molecular weight excluding hydrogens is 314 g/mol. The molecule has 0 aliphatic carbocycles. The largest absolute Gasteiger partial charge is 0.494 e. The van der Waals surface area contributed by atoms with E-state index in [-0.39, 0.29) is 17.9 Å². The molecule has 0 spiro atoms. The van der Waals surface area contributed by atoms with Gasteiger partial charge in [-0.2, -0.15) is 0 Å². The molecule has 0 atom stereocenters. The Balaban J connectivity index is 3.31. The van der Waals surface area contributed by atoms with E-state index < -0.39 is 17.7 Å². The van der Waals surface area contributed by atoms with Gasteiger partial charge in [0.15, 0.2) is 5.75 Å². The molecule has 0 heterocycles. The average molecular weight is 339 g/mol. The van der Waals surface area contributed by atoms with E-state index in [1.807, 2.05) is 0 Å². The zero-order chi connectivity index (χ0) is 18.3. The molecule has 0 unspecified atom stereocenters. The molecule has 134 valence electrons. The Morgan fingerprint density at radius 3 is 2.29 bits per heavy atom. The standard InChI is InChI=1S/C17H25NO6/c1-17(2,3)24-16(20)18(10-11-21-4)13-9-7-8-12(14(13)22-5)15(19)23-6/h7-9H,10-11H2,1-6H3. The molecule has 0 radical (unpaired) electrons. The maximum atomic E-state index is 12.6. The van der Waals surface area contributed by atoms with Crippen molar-refractivity contribution in [1.29, 1.82) is 0 Å². The van der Waals surface area contributed by atoms with Crippen molar-refractivity contribution < 1.29 is 28.5 Å². The van der Waals surface area contributed by atoms with Gasteiger partial charge in [-0.3, -0.25) is 4.90 Å². The molecule has 0 aliphatic rings. The quantitative estimate of drug-likeness (QED) is 0.742. The highest BCUT2D eigenvalue weighted by atomic mass is 16.6. The number of esters is 1. The van der Waals surface area contributed by atoms with E-state index in [0.29, 0.717) is 12.3 Å². The fourth-order valence-corrected chi connectivity index (χ4v) is 2.03. The molecule has 1 aromatic carbocycles. The van der Waals surface area contributed by atoms with E-state index in [4.69, 9.17) is 18.9 Å². The second-order valence-corrected chi connectivity index (χ2v) is 5.97. The second-order valence-electron chi connectivity index (χ2n) is 5.97. The number of carbonyl (C=O) groups excluding carboxylic acids is 2. The van der Waals surface area contributed by atoms with Gasteiger partial charge >= 0.3 is 12.1 Å². The Kier molecular flexibility index (Phi) is 7.03. The van der Waals surface area contributed by atoms with Crippen LogP contribution in [0.2, 0.25) is 0 Å². The number of anilines is 1. The first kappa shape index (κ1) is 19.8. The molecule has 1 amide bonds. The van der Waals surface area contributed by atoms with Gasteiger partial charge in [-0.25, -0.2) is 9.59 Å². The lowest BCUT2D eigenvalue weighted by Gasteiger charge is -2.28. The van der Waals surface area contributed by atoms with Gasteiger partial charge in [-0.15, -0.1) is 0 Å². The number of benzene rings is 1. The zero-order valence-corrected chi connectivity index (χ0v) is 15.0. The molecule has 0 saturated carbocycles. The van der Waals surface area contributed by atoms with Crippen LogP contribution in [0.1, 0.15) is 31.1 Å². The van der Waals surface area contributed by atoms with Crippen molar-refractivity contribution in [3.05, 3.63) is 23.8 Å². The van der Waals surface area contributed by atoms with Crippen molar-refractivity contribution in [2.75, 3.05) is 39.4 Å². The summed E-state index contributed by atoms with van der Waals surface area (Å²) in [6.45, 7) is 5.88. The van der Waals surface area contributed by atoms with Crippen molar-refractivity contribution in [3.63, 3.8) is 0 Å². The van der Waals surface area contributed by atoms with E-state index in [0.717, 1.165) is 0 Å². The van der Waals surface area contributed by atoms with Gasteiger partial charge in [0, 0.05) is 7.11 Å². The van der Waals surface area contributed by atoms with Crippen LogP contribution in [0.25, 0.3) is 0 Å². The van der Waals surface area contributed by atoms with Crippen LogP contribution in [-0.2, 0) is 14.2 Å². The third kappa shape index (κ3) is 5.13. The van der Waals surface area contributed by atoms with Crippen LogP contribution >= 0.6 is 0 Å². The lowest BCUT2D eigenvalue weighted by atomic mass is 10.1. The van der Waals surface area contributed by atoms with Crippen molar-refractivity contribution in [2.45, 2.75) is 26.4 Å². The Labute approximate surface area is 142 Å². The smallest absolute Gasteiger partial charge is 0.415 e. The third-order valence-corrected chi connectivity index (χ3v) is 3.03. The number of amides is 1. The molecule has 7 nitrogen and oxygen atoms in total. The molecule has 0 bridgehead atoms. The third-order valence-electron chi connectivity index (χ3n) is 3.03. The molecule has 0 aromatic heterocycles. The molecular formula is C17H25NO6. The number of ether oxygens (including phenoxy) is 4. The Bertz CT molecular complexity index is 579. The average Bonchev–Trinajstić information content (AvgIpc) is 2.52. The van der Waals surface area contributed by atoms with Gasteiger partial charge < -0.3 is 18.9 Å². The van der Waals surface area contributed by atoms with Crippen molar-refractivity contribution in [1.82, 2.24) is 0 Å². The lowest BCUT2D eigenvalue weighted by molar-refractivity contribution is 0.0561. The molecule has 0 saturated heterocycles. The summed E-state index contributed by atoms with van der Waals surface area (Å²) in [7, 11) is 4.25. The fraction of sp³-hybridized carbons (Fsp3) is 0.529. The van der Waals surface area contributed by atoms with E-state index in [1.54, 1.807) is 39.0 Å². The lowest BCUT2D eigenvalue weighted by Crippen LogP contribution is -2.39. The summed E-state index contributed by atoms with van der Waals surface area (Å²) in [5, 5.41) is 0. The summed E-state index contributed by atoms with van der Waals surface area (Å²) in [5.41, 5.74) is -0.0227. The van der Waals surface area contributed by atoms with Gasteiger partial charge in [0.25, 0.3) is 0 Å². The highest BCUT2D eigenvalue weighted by molar-refractivity contribution is 5.98. The Morgan fingerprint density at radius 2 is 1.79 bits per heavy atom. The van der Waals surface area contributed by atoms with Crippen LogP contribution in [0.4, 0.5) is 10.5 Å². The Morgan fingerprint density at radius 1 is 1.12 bits per heavy atom. The summed E-state index contributed by atoms with van der Waals surface area (Å²) < 4.78 is 20.6. The minimum atomic E-state index is -0.657.